The summed E-state index contributed by atoms with van der Waals surface area (Å²) in [6.45, 7) is 8.26. The fourth-order valence-corrected chi connectivity index (χ4v) is 1.88. The Bertz CT molecular complexity index is 387. The molecule has 1 aromatic carbocycles. The first-order chi connectivity index (χ1) is 8.36. The SMILES string of the molecule is CC[C@H](N)C(=O)NC(c1ccccc1)C(C)(C)C.Cl. The van der Waals surface area contributed by atoms with Crippen LogP contribution < -0.4 is 11.1 Å². The number of carbonyl (C=O) groups excluding carboxylic acids is 1. The molecule has 1 rings (SSSR count). The molecular weight excluding hydrogens is 260 g/mol. The first-order valence-electron chi connectivity index (χ1n) is 6.47. The molecule has 3 N–H and O–H groups in total. The van der Waals surface area contributed by atoms with Gasteiger partial charge in [-0.05, 0) is 17.4 Å². The van der Waals surface area contributed by atoms with Crippen molar-refractivity contribution in [1.82, 2.24) is 5.32 Å². The largest absolute Gasteiger partial charge is 0.347 e. The number of nitrogens with two attached hydrogens (primary N) is 1. The molecule has 0 fully saturated rings. The Labute approximate surface area is 122 Å². The summed E-state index contributed by atoms with van der Waals surface area (Å²) in [7, 11) is 0. The Kier molecular flexibility index (Phi) is 7.09. The maximum absolute atomic E-state index is 12.0. The number of rotatable bonds is 4. The van der Waals surface area contributed by atoms with E-state index >= 15 is 0 Å². The van der Waals surface area contributed by atoms with Gasteiger partial charge < -0.3 is 11.1 Å². The van der Waals surface area contributed by atoms with Crippen LogP contribution in [0.5, 0.6) is 0 Å². The Hall–Kier alpha value is -1.06. The van der Waals surface area contributed by atoms with Crippen LogP contribution in [0, 0.1) is 5.41 Å². The van der Waals surface area contributed by atoms with E-state index in [4.69, 9.17) is 5.73 Å². The predicted octanol–water partition coefficient (Wildman–Crippen LogP) is 3.05. The van der Waals surface area contributed by atoms with Crippen molar-refractivity contribution >= 4 is 18.3 Å². The van der Waals surface area contributed by atoms with Crippen molar-refractivity contribution in [2.75, 3.05) is 0 Å². The van der Waals surface area contributed by atoms with Gasteiger partial charge >= 0.3 is 0 Å². The van der Waals surface area contributed by atoms with E-state index in [0.29, 0.717) is 6.42 Å². The van der Waals surface area contributed by atoms with Crippen LogP contribution in [-0.2, 0) is 4.79 Å². The van der Waals surface area contributed by atoms with Crippen molar-refractivity contribution in [2.24, 2.45) is 11.1 Å². The van der Waals surface area contributed by atoms with E-state index in [1.165, 1.54) is 0 Å². The molecule has 108 valence electrons. The van der Waals surface area contributed by atoms with Gasteiger partial charge in [-0.2, -0.15) is 0 Å². The number of carbonyl (C=O) groups is 1. The second-order valence-corrected chi connectivity index (χ2v) is 5.73. The molecule has 4 heteroatoms. The summed E-state index contributed by atoms with van der Waals surface area (Å²) >= 11 is 0. The topological polar surface area (TPSA) is 55.1 Å². The van der Waals surface area contributed by atoms with Gasteiger partial charge in [-0.3, -0.25) is 4.79 Å². The Morgan fingerprint density at radius 3 is 2.21 bits per heavy atom. The molecule has 1 unspecified atom stereocenters. The van der Waals surface area contributed by atoms with Gasteiger partial charge in [0.1, 0.15) is 0 Å². The summed E-state index contributed by atoms with van der Waals surface area (Å²) < 4.78 is 0. The molecule has 3 nitrogen and oxygen atoms in total. The normalized spacial score (nSPS) is 14.2. The van der Waals surface area contributed by atoms with E-state index in [9.17, 15) is 4.79 Å². The molecule has 0 saturated carbocycles. The van der Waals surface area contributed by atoms with Crippen LogP contribution in [0.3, 0.4) is 0 Å². The van der Waals surface area contributed by atoms with E-state index < -0.39 is 6.04 Å². The Balaban J connectivity index is 0.00000324. The molecule has 1 aromatic rings. The van der Waals surface area contributed by atoms with Gasteiger partial charge in [-0.1, -0.05) is 58.0 Å². The standard InChI is InChI=1S/C15H24N2O.ClH/c1-5-12(16)14(18)17-13(15(2,3)4)11-9-7-6-8-10-11;/h6-10,12-13H,5,16H2,1-4H3,(H,17,18);1H/t12-,13?;/m0./s1. The van der Waals surface area contributed by atoms with Gasteiger partial charge in [0.2, 0.25) is 5.91 Å². The van der Waals surface area contributed by atoms with Crippen LogP contribution >= 0.6 is 12.4 Å². The van der Waals surface area contributed by atoms with E-state index in [0.717, 1.165) is 5.56 Å². The summed E-state index contributed by atoms with van der Waals surface area (Å²) in [6, 6.07) is 9.56. The van der Waals surface area contributed by atoms with Crippen LogP contribution in [-0.4, -0.2) is 11.9 Å². The maximum Gasteiger partial charge on any atom is 0.237 e. The second kappa shape index (κ2) is 7.51. The second-order valence-electron chi connectivity index (χ2n) is 5.73. The Morgan fingerprint density at radius 2 is 1.79 bits per heavy atom. The Morgan fingerprint density at radius 1 is 1.26 bits per heavy atom. The minimum Gasteiger partial charge on any atom is -0.347 e. The van der Waals surface area contributed by atoms with Crippen molar-refractivity contribution in [3.63, 3.8) is 0 Å². The molecule has 1 amide bonds. The molecule has 0 radical (unpaired) electrons. The first kappa shape index (κ1) is 17.9. The van der Waals surface area contributed by atoms with E-state index in [1.54, 1.807) is 0 Å². The van der Waals surface area contributed by atoms with Gasteiger partial charge in [-0.25, -0.2) is 0 Å². The van der Waals surface area contributed by atoms with Crippen molar-refractivity contribution < 1.29 is 4.79 Å². The lowest BCUT2D eigenvalue weighted by atomic mass is 9.82. The fraction of sp³-hybridized carbons (Fsp3) is 0.533. The quantitative estimate of drug-likeness (QED) is 0.893. The lowest BCUT2D eigenvalue weighted by Crippen LogP contribution is -2.45. The van der Waals surface area contributed by atoms with Crippen LogP contribution in [0.4, 0.5) is 0 Å². The number of halogens is 1. The summed E-state index contributed by atoms with van der Waals surface area (Å²) in [5, 5.41) is 3.06. The zero-order chi connectivity index (χ0) is 13.8. The summed E-state index contributed by atoms with van der Waals surface area (Å²) in [5.74, 6) is -0.0821. The third-order valence-electron chi connectivity index (χ3n) is 3.06. The average Bonchev–Trinajstić information content (AvgIpc) is 2.34. The average molecular weight is 285 g/mol. The third kappa shape index (κ3) is 5.21. The van der Waals surface area contributed by atoms with Gasteiger partial charge in [0.25, 0.3) is 0 Å². The van der Waals surface area contributed by atoms with Crippen LogP contribution in [0.2, 0.25) is 0 Å². The molecule has 19 heavy (non-hydrogen) atoms. The summed E-state index contributed by atoms with van der Waals surface area (Å²) in [4.78, 5) is 12.0. The molecule has 0 spiro atoms. The van der Waals surface area contributed by atoms with Gasteiger partial charge in [0.15, 0.2) is 0 Å². The third-order valence-corrected chi connectivity index (χ3v) is 3.06. The molecule has 0 heterocycles. The molecule has 0 bridgehead atoms. The lowest BCUT2D eigenvalue weighted by Gasteiger charge is -2.32. The van der Waals surface area contributed by atoms with Crippen LogP contribution in [0.15, 0.2) is 30.3 Å². The van der Waals surface area contributed by atoms with Gasteiger partial charge in [0.05, 0.1) is 12.1 Å². The van der Waals surface area contributed by atoms with Crippen molar-refractivity contribution in [2.45, 2.75) is 46.2 Å². The highest BCUT2D eigenvalue weighted by atomic mass is 35.5. The number of nitrogens with one attached hydrogen (secondary N) is 1. The summed E-state index contributed by atoms with van der Waals surface area (Å²) in [5.41, 5.74) is 6.84. The van der Waals surface area contributed by atoms with Gasteiger partial charge in [-0.15, -0.1) is 12.4 Å². The highest BCUT2D eigenvalue weighted by Gasteiger charge is 2.28. The molecule has 0 aromatic heterocycles. The number of hydrogen-bond acceptors (Lipinski definition) is 2. The monoisotopic (exact) mass is 284 g/mol. The molecule has 0 aliphatic heterocycles. The highest BCUT2D eigenvalue weighted by Crippen LogP contribution is 2.32. The van der Waals surface area contributed by atoms with E-state index in [1.807, 2.05) is 37.3 Å². The molecule has 0 saturated heterocycles. The predicted molar refractivity (Wildman–Crippen MR) is 82.3 cm³/mol. The number of benzene rings is 1. The molecule has 2 atom stereocenters. The molecular formula is C15H25ClN2O. The fourth-order valence-electron chi connectivity index (χ4n) is 1.88. The summed E-state index contributed by atoms with van der Waals surface area (Å²) in [6.07, 6.45) is 0.650. The smallest absolute Gasteiger partial charge is 0.237 e. The van der Waals surface area contributed by atoms with Crippen molar-refractivity contribution in [3.05, 3.63) is 35.9 Å². The van der Waals surface area contributed by atoms with Crippen molar-refractivity contribution in [3.8, 4) is 0 Å². The number of hydrogen-bond donors (Lipinski definition) is 2. The minimum atomic E-state index is -0.432. The first-order valence-corrected chi connectivity index (χ1v) is 6.47. The highest BCUT2D eigenvalue weighted by molar-refractivity contribution is 5.85. The minimum absolute atomic E-state index is 0. The maximum atomic E-state index is 12.0. The van der Waals surface area contributed by atoms with Crippen LogP contribution in [0.25, 0.3) is 0 Å². The van der Waals surface area contributed by atoms with E-state index in [-0.39, 0.29) is 29.8 Å². The van der Waals surface area contributed by atoms with Gasteiger partial charge in [0, 0.05) is 0 Å². The zero-order valence-corrected chi connectivity index (χ0v) is 13.0. The zero-order valence-electron chi connectivity index (χ0n) is 12.1. The molecule has 0 aliphatic carbocycles. The van der Waals surface area contributed by atoms with Crippen molar-refractivity contribution in [1.29, 1.82) is 0 Å². The van der Waals surface area contributed by atoms with Crippen LogP contribution in [0.1, 0.15) is 45.7 Å². The lowest BCUT2D eigenvalue weighted by molar-refractivity contribution is -0.124. The molecule has 0 aliphatic rings. The van der Waals surface area contributed by atoms with E-state index in [2.05, 4.69) is 26.1 Å². The number of amides is 1.